The van der Waals surface area contributed by atoms with Gasteiger partial charge in [0.25, 0.3) is 0 Å². The third kappa shape index (κ3) is 1.04. The van der Waals surface area contributed by atoms with Gasteiger partial charge in [-0.25, -0.2) is 0 Å². The quantitative estimate of drug-likeness (QED) is 0.625. The van der Waals surface area contributed by atoms with E-state index in [1.54, 1.807) is 0 Å². The maximum Gasteiger partial charge on any atom is 0.0932 e. The summed E-state index contributed by atoms with van der Waals surface area (Å²) in [5.74, 6) is 0. The molecule has 2 nitrogen and oxygen atoms in total. The van der Waals surface area contributed by atoms with E-state index >= 15 is 0 Å². The molecule has 0 saturated carbocycles. The zero-order valence-electron chi connectivity index (χ0n) is 7.77. The number of hydrogen-bond donors (Lipinski definition) is 0. The molecule has 3 rings (SSSR count). The summed E-state index contributed by atoms with van der Waals surface area (Å²) in [5, 5.41) is 9.66. The Labute approximate surface area is 82.3 Å². The average molecular weight is 182 g/mol. The van der Waals surface area contributed by atoms with Gasteiger partial charge in [-0.15, -0.1) is 5.10 Å². The molecule has 0 saturated heterocycles. The molecule has 2 heteroatoms. The van der Waals surface area contributed by atoms with Crippen molar-refractivity contribution < 1.29 is 0 Å². The fraction of sp³-hybridized carbons (Fsp3) is 0.167. The fourth-order valence-corrected chi connectivity index (χ4v) is 1.94. The van der Waals surface area contributed by atoms with Crippen LogP contribution in [0.1, 0.15) is 17.7 Å². The fourth-order valence-electron chi connectivity index (χ4n) is 1.94. The van der Waals surface area contributed by atoms with Crippen molar-refractivity contribution in [2.75, 3.05) is 0 Å². The van der Waals surface area contributed by atoms with Crippen molar-refractivity contribution in [3.05, 3.63) is 41.6 Å². The van der Waals surface area contributed by atoms with Gasteiger partial charge in [0, 0.05) is 5.39 Å². The molecule has 0 spiro atoms. The Kier molecular flexibility index (Phi) is 1.60. The minimum absolute atomic E-state index is 1.00. The van der Waals surface area contributed by atoms with Crippen LogP contribution in [0.15, 0.2) is 30.3 Å². The van der Waals surface area contributed by atoms with E-state index in [-0.39, 0.29) is 0 Å². The van der Waals surface area contributed by atoms with Gasteiger partial charge in [-0.05, 0) is 30.5 Å². The van der Waals surface area contributed by atoms with E-state index in [1.807, 2.05) is 12.1 Å². The molecule has 0 bridgehead atoms. The third-order valence-corrected chi connectivity index (χ3v) is 2.64. The van der Waals surface area contributed by atoms with Crippen LogP contribution in [-0.2, 0) is 6.42 Å². The summed E-state index contributed by atoms with van der Waals surface area (Å²) in [5.41, 5.74) is 3.38. The molecule has 0 radical (unpaired) electrons. The van der Waals surface area contributed by atoms with Crippen molar-refractivity contribution in [3.63, 3.8) is 0 Å². The first kappa shape index (κ1) is 7.68. The Morgan fingerprint density at radius 3 is 3.00 bits per heavy atom. The molecule has 0 amide bonds. The molecule has 0 aliphatic heterocycles. The minimum atomic E-state index is 1.00. The Morgan fingerprint density at radius 2 is 2.00 bits per heavy atom. The highest BCUT2D eigenvalue weighted by Gasteiger charge is 2.09. The van der Waals surface area contributed by atoms with E-state index in [4.69, 9.17) is 0 Å². The molecule has 0 N–H and O–H groups in total. The first-order valence-electron chi connectivity index (χ1n) is 4.86. The van der Waals surface area contributed by atoms with Gasteiger partial charge in [0.1, 0.15) is 0 Å². The van der Waals surface area contributed by atoms with Crippen LogP contribution in [0, 0.1) is 0 Å². The Hall–Kier alpha value is -1.70. The lowest BCUT2D eigenvalue weighted by atomic mass is 9.98. The maximum atomic E-state index is 4.21. The van der Waals surface area contributed by atoms with Gasteiger partial charge in [0.05, 0.1) is 11.2 Å². The zero-order valence-corrected chi connectivity index (χ0v) is 7.77. The minimum Gasteiger partial charge on any atom is -0.150 e. The lowest BCUT2D eigenvalue weighted by Gasteiger charge is -2.10. The van der Waals surface area contributed by atoms with Crippen LogP contribution in [0.25, 0.3) is 17.0 Å². The summed E-state index contributed by atoms with van der Waals surface area (Å²) in [7, 11) is 0. The van der Waals surface area contributed by atoms with Gasteiger partial charge >= 0.3 is 0 Å². The highest BCUT2D eigenvalue weighted by atomic mass is 15.1. The zero-order chi connectivity index (χ0) is 9.38. The van der Waals surface area contributed by atoms with Crippen LogP contribution in [0.3, 0.4) is 0 Å². The van der Waals surface area contributed by atoms with Gasteiger partial charge in [-0.3, -0.25) is 0 Å². The van der Waals surface area contributed by atoms with Crippen molar-refractivity contribution >= 4 is 17.0 Å². The summed E-state index contributed by atoms with van der Waals surface area (Å²) >= 11 is 0. The van der Waals surface area contributed by atoms with E-state index < -0.39 is 0 Å². The smallest absolute Gasteiger partial charge is 0.0932 e. The van der Waals surface area contributed by atoms with Crippen molar-refractivity contribution in [1.82, 2.24) is 10.2 Å². The topological polar surface area (TPSA) is 25.8 Å². The van der Waals surface area contributed by atoms with E-state index in [1.165, 1.54) is 10.9 Å². The second-order valence-electron chi connectivity index (χ2n) is 3.52. The molecular weight excluding hydrogens is 172 g/mol. The number of hydrogen-bond acceptors (Lipinski definition) is 2. The average Bonchev–Trinajstić information content (AvgIpc) is 2.29. The lowest BCUT2D eigenvalue weighted by Crippen LogP contribution is -2.00. The predicted octanol–water partition coefficient (Wildman–Crippen LogP) is 2.59. The number of fused-ring (bicyclic) bond motifs is 3. The summed E-state index contributed by atoms with van der Waals surface area (Å²) in [6, 6.07) is 8.20. The molecule has 1 aromatic heterocycles. The Balaban J connectivity index is 2.41. The van der Waals surface area contributed by atoms with Crippen molar-refractivity contribution in [2.24, 2.45) is 0 Å². The van der Waals surface area contributed by atoms with Crippen LogP contribution in [0.4, 0.5) is 0 Å². The standard InChI is InChI=1S/C12H10N2/c1-3-7-11-9(5-1)10-6-2-4-8-12(10)14-13-11/h1,3-5,7-8H,2,6H2. The number of nitrogens with zero attached hydrogens (tertiary/aromatic N) is 2. The monoisotopic (exact) mass is 182 g/mol. The molecule has 0 atom stereocenters. The maximum absolute atomic E-state index is 4.21. The highest BCUT2D eigenvalue weighted by molar-refractivity contribution is 5.84. The molecule has 2 aromatic rings. The molecule has 1 aliphatic carbocycles. The van der Waals surface area contributed by atoms with E-state index in [0.29, 0.717) is 0 Å². The molecule has 0 unspecified atom stereocenters. The predicted molar refractivity (Wildman–Crippen MR) is 56.9 cm³/mol. The van der Waals surface area contributed by atoms with Gasteiger partial charge in [-0.1, -0.05) is 24.3 Å². The third-order valence-electron chi connectivity index (χ3n) is 2.64. The number of rotatable bonds is 0. The number of benzene rings is 1. The summed E-state index contributed by atoms with van der Waals surface area (Å²) in [6.45, 7) is 0. The van der Waals surface area contributed by atoms with Crippen LogP contribution in [0.2, 0.25) is 0 Å². The molecule has 1 aromatic carbocycles. The summed E-state index contributed by atoms with van der Waals surface area (Å²) in [4.78, 5) is 0. The molecule has 1 heterocycles. The molecule has 14 heavy (non-hydrogen) atoms. The Bertz CT molecular complexity index is 515. The number of aromatic nitrogens is 2. The molecule has 68 valence electrons. The van der Waals surface area contributed by atoms with Gasteiger partial charge in [-0.2, -0.15) is 5.10 Å². The van der Waals surface area contributed by atoms with Crippen LogP contribution in [0.5, 0.6) is 0 Å². The second-order valence-corrected chi connectivity index (χ2v) is 3.52. The van der Waals surface area contributed by atoms with Crippen molar-refractivity contribution in [3.8, 4) is 0 Å². The van der Waals surface area contributed by atoms with Gasteiger partial charge in [0.15, 0.2) is 0 Å². The first-order chi connectivity index (χ1) is 6.95. The highest BCUT2D eigenvalue weighted by Crippen LogP contribution is 2.24. The summed E-state index contributed by atoms with van der Waals surface area (Å²) < 4.78 is 0. The van der Waals surface area contributed by atoms with Gasteiger partial charge < -0.3 is 0 Å². The number of allylic oxidation sites excluding steroid dienone is 1. The molecule has 1 aliphatic rings. The van der Waals surface area contributed by atoms with E-state index in [2.05, 4.69) is 34.5 Å². The lowest BCUT2D eigenvalue weighted by molar-refractivity contribution is 0.941. The summed E-state index contributed by atoms with van der Waals surface area (Å²) in [6.07, 6.45) is 6.43. The van der Waals surface area contributed by atoms with E-state index in [0.717, 1.165) is 24.1 Å². The molecular formula is C12H10N2. The van der Waals surface area contributed by atoms with Gasteiger partial charge in [0.2, 0.25) is 0 Å². The molecule has 0 fully saturated rings. The van der Waals surface area contributed by atoms with Crippen molar-refractivity contribution in [2.45, 2.75) is 12.8 Å². The largest absolute Gasteiger partial charge is 0.150 e. The SMILES string of the molecule is C1=Cc2nnc3ccccc3c2CC1. The first-order valence-corrected chi connectivity index (χ1v) is 4.86. The Morgan fingerprint density at radius 1 is 1.07 bits per heavy atom. The van der Waals surface area contributed by atoms with Crippen LogP contribution < -0.4 is 0 Å². The van der Waals surface area contributed by atoms with Crippen LogP contribution in [-0.4, -0.2) is 10.2 Å². The van der Waals surface area contributed by atoms with Crippen molar-refractivity contribution in [1.29, 1.82) is 0 Å². The number of aryl methyl sites for hydroxylation is 1. The van der Waals surface area contributed by atoms with E-state index in [9.17, 15) is 0 Å². The normalized spacial score (nSPS) is 14.3. The van der Waals surface area contributed by atoms with Crippen LogP contribution >= 0.6 is 0 Å². The second kappa shape index (κ2) is 2.91.